The van der Waals surface area contributed by atoms with Gasteiger partial charge in [0, 0.05) is 11.0 Å². The number of rotatable bonds is 6. The second-order valence-corrected chi connectivity index (χ2v) is 8.60. The molecule has 4 amide bonds. The Hall–Kier alpha value is -1.89. The van der Waals surface area contributed by atoms with Gasteiger partial charge in [0.25, 0.3) is 5.91 Å². The summed E-state index contributed by atoms with van der Waals surface area (Å²) in [6, 6.07) is 7.20. The van der Waals surface area contributed by atoms with Gasteiger partial charge >= 0.3 is 6.03 Å². The van der Waals surface area contributed by atoms with E-state index < -0.39 is 11.6 Å². The number of nitrogens with zero attached hydrogens (tertiary/aromatic N) is 2. The van der Waals surface area contributed by atoms with E-state index in [2.05, 4.69) is 21.2 Å². The van der Waals surface area contributed by atoms with Gasteiger partial charge in [-0.05, 0) is 37.8 Å². The first kappa shape index (κ1) is 20.8. The summed E-state index contributed by atoms with van der Waals surface area (Å²) >= 11 is 3.55. The molecule has 6 nitrogen and oxygen atoms in total. The first-order valence-corrected chi connectivity index (χ1v) is 10.9. The van der Waals surface area contributed by atoms with Crippen molar-refractivity contribution in [2.45, 2.75) is 64.0 Å². The van der Waals surface area contributed by atoms with Crippen molar-refractivity contribution < 1.29 is 14.4 Å². The van der Waals surface area contributed by atoms with Gasteiger partial charge in [0.05, 0.1) is 6.04 Å². The van der Waals surface area contributed by atoms with Crippen molar-refractivity contribution in [1.29, 1.82) is 0 Å². The Balaban J connectivity index is 1.76. The van der Waals surface area contributed by atoms with E-state index in [0.29, 0.717) is 19.4 Å². The lowest BCUT2D eigenvalue weighted by Gasteiger charge is -2.32. The molecule has 1 aliphatic carbocycles. The first-order chi connectivity index (χ1) is 13.4. The SMILES string of the molecule is CCCN(C(=O)CN1C(=O)NC2(CCCCC2)C1=O)C(C)c1ccccc1Br. The van der Waals surface area contributed by atoms with Gasteiger partial charge in [-0.15, -0.1) is 0 Å². The quantitative estimate of drug-likeness (QED) is 0.666. The zero-order chi connectivity index (χ0) is 20.3. The zero-order valence-corrected chi connectivity index (χ0v) is 18.1. The minimum Gasteiger partial charge on any atom is -0.334 e. The van der Waals surface area contributed by atoms with Crippen molar-refractivity contribution >= 4 is 33.8 Å². The van der Waals surface area contributed by atoms with Gasteiger partial charge < -0.3 is 10.2 Å². The smallest absolute Gasteiger partial charge is 0.325 e. The zero-order valence-electron chi connectivity index (χ0n) is 16.5. The number of carbonyl (C=O) groups excluding carboxylic acids is 3. The molecule has 1 spiro atoms. The molecule has 2 aliphatic rings. The second kappa shape index (κ2) is 8.64. The number of carbonyl (C=O) groups is 3. The largest absolute Gasteiger partial charge is 0.334 e. The number of amides is 4. The molecule has 28 heavy (non-hydrogen) atoms. The Morgan fingerprint density at radius 2 is 1.93 bits per heavy atom. The fourth-order valence-corrected chi connectivity index (χ4v) is 4.91. The molecular weight excluding hydrogens is 422 g/mol. The van der Waals surface area contributed by atoms with E-state index in [1.54, 1.807) is 4.90 Å². The lowest BCUT2D eigenvalue weighted by molar-refractivity contribution is -0.140. The molecule has 1 aromatic carbocycles. The minimum atomic E-state index is -0.792. The molecule has 1 heterocycles. The van der Waals surface area contributed by atoms with Crippen molar-refractivity contribution in [2.24, 2.45) is 0 Å². The van der Waals surface area contributed by atoms with E-state index >= 15 is 0 Å². The molecule has 1 saturated carbocycles. The van der Waals surface area contributed by atoms with Crippen LogP contribution < -0.4 is 5.32 Å². The van der Waals surface area contributed by atoms with Crippen LogP contribution in [0.2, 0.25) is 0 Å². The van der Waals surface area contributed by atoms with Crippen molar-refractivity contribution in [3.05, 3.63) is 34.3 Å². The summed E-state index contributed by atoms with van der Waals surface area (Å²) in [5, 5.41) is 2.87. The van der Waals surface area contributed by atoms with E-state index in [9.17, 15) is 14.4 Å². The normalized spacial score (nSPS) is 19.6. The third-order valence-electron chi connectivity index (χ3n) is 5.85. The van der Waals surface area contributed by atoms with Crippen molar-refractivity contribution in [1.82, 2.24) is 15.1 Å². The van der Waals surface area contributed by atoms with E-state index in [0.717, 1.165) is 40.6 Å². The maximum atomic E-state index is 13.1. The van der Waals surface area contributed by atoms with Gasteiger partial charge in [0.1, 0.15) is 12.1 Å². The average Bonchev–Trinajstić information content (AvgIpc) is 2.90. The molecular formula is C21H28BrN3O3. The number of nitrogens with one attached hydrogen (secondary N) is 1. The molecule has 1 atom stereocenters. The van der Waals surface area contributed by atoms with Crippen LogP contribution in [-0.2, 0) is 9.59 Å². The molecule has 2 fully saturated rings. The molecule has 1 unspecified atom stereocenters. The molecule has 1 aliphatic heterocycles. The predicted octanol–water partition coefficient (Wildman–Crippen LogP) is 4.00. The summed E-state index contributed by atoms with van der Waals surface area (Å²) < 4.78 is 0.938. The summed E-state index contributed by atoms with van der Waals surface area (Å²) in [6.45, 7) is 4.34. The van der Waals surface area contributed by atoms with Crippen LogP contribution in [0, 0.1) is 0 Å². The fourth-order valence-electron chi connectivity index (χ4n) is 4.30. The highest BCUT2D eigenvalue weighted by atomic mass is 79.9. The Bertz CT molecular complexity index is 761. The third-order valence-corrected chi connectivity index (χ3v) is 6.58. The van der Waals surface area contributed by atoms with Gasteiger partial charge in [0.15, 0.2) is 0 Å². The minimum absolute atomic E-state index is 0.160. The molecule has 1 aromatic rings. The summed E-state index contributed by atoms with van der Waals surface area (Å²) in [5.74, 6) is -0.447. The molecule has 152 valence electrons. The summed E-state index contributed by atoms with van der Waals surface area (Å²) in [6.07, 6.45) is 5.05. The third kappa shape index (κ3) is 3.95. The van der Waals surface area contributed by atoms with Crippen LogP contribution in [0.5, 0.6) is 0 Å². The van der Waals surface area contributed by atoms with E-state index in [-0.39, 0.29) is 24.4 Å². The fraction of sp³-hybridized carbons (Fsp3) is 0.571. The van der Waals surface area contributed by atoms with Crippen LogP contribution in [0.1, 0.15) is 64.0 Å². The summed E-state index contributed by atoms with van der Waals surface area (Å²) in [7, 11) is 0. The first-order valence-electron chi connectivity index (χ1n) is 10.1. The van der Waals surface area contributed by atoms with Crippen molar-refractivity contribution in [3.63, 3.8) is 0 Å². The molecule has 0 radical (unpaired) electrons. The Labute approximate surface area is 174 Å². The highest BCUT2D eigenvalue weighted by molar-refractivity contribution is 9.10. The maximum Gasteiger partial charge on any atom is 0.325 e. The lowest BCUT2D eigenvalue weighted by atomic mass is 9.82. The Kier molecular flexibility index (Phi) is 6.43. The average molecular weight is 450 g/mol. The topological polar surface area (TPSA) is 69.7 Å². The number of benzene rings is 1. The van der Waals surface area contributed by atoms with Gasteiger partial charge in [0.2, 0.25) is 5.91 Å². The number of halogens is 1. The van der Waals surface area contributed by atoms with Crippen LogP contribution in [0.25, 0.3) is 0 Å². The molecule has 3 rings (SSSR count). The molecule has 7 heteroatoms. The van der Waals surface area contributed by atoms with E-state index in [1.165, 1.54) is 0 Å². The molecule has 0 bridgehead atoms. The van der Waals surface area contributed by atoms with Crippen LogP contribution in [-0.4, -0.2) is 46.3 Å². The number of hydrogen-bond donors (Lipinski definition) is 1. The lowest BCUT2D eigenvalue weighted by Crippen LogP contribution is -2.49. The van der Waals surface area contributed by atoms with E-state index in [1.807, 2.05) is 38.1 Å². The Morgan fingerprint density at radius 3 is 2.57 bits per heavy atom. The maximum absolute atomic E-state index is 13.1. The Morgan fingerprint density at radius 1 is 1.25 bits per heavy atom. The number of urea groups is 1. The highest BCUT2D eigenvalue weighted by Crippen LogP contribution is 2.34. The van der Waals surface area contributed by atoms with Crippen LogP contribution >= 0.6 is 15.9 Å². The standard InChI is InChI=1S/C21H28BrN3O3/c1-3-13-24(15(2)16-9-5-6-10-17(16)22)18(26)14-25-19(27)21(23-20(25)28)11-7-4-8-12-21/h5-6,9-10,15H,3-4,7-8,11-14H2,1-2H3,(H,23,28). The molecule has 1 N–H and O–H groups in total. The second-order valence-electron chi connectivity index (χ2n) is 7.75. The summed E-state index contributed by atoms with van der Waals surface area (Å²) in [5.41, 5.74) is 0.212. The van der Waals surface area contributed by atoms with Crippen molar-refractivity contribution in [3.8, 4) is 0 Å². The van der Waals surface area contributed by atoms with Gasteiger partial charge in [-0.2, -0.15) is 0 Å². The van der Waals surface area contributed by atoms with Crippen LogP contribution in [0.15, 0.2) is 28.7 Å². The van der Waals surface area contributed by atoms with E-state index in [4.69, 9.17) is 0 Å². The number of hydrogen-bond acceptors (Lipinski definition) is 3. The highest BCUT2D eigenvalue weighted by Gasteiger charge is 2.51. The van der Waals surface area contributed by atoms with Crippen LogP contribution in [0.3, 0.4) is 0 Å². The van der Waals surface area contributed by atoms with Crippen LogP contribution in [0.4, 0.5) is 4.79 Å². The van der Waals surface area contributed by atoms with Crippen molar-refractivity contribution in [2.75, 3.05) is 13.1 Å². The van der Waals surface area contributed by atoms with Gasteiger partial charge in [-0.3, -0.25) is 14.5 Å². The van der Waals surface area contributed by atoms with Gasteiger partial charge in [-0.25, -0.2) is 4.79 Å². The molecule has 0 aromatic heterocycles. The predicted molar refractivity (Wildman–Crippen MR) is 111 cm³/mol. The monoisotopic (exact) mass is 449 g/mol. The van der Waals surface area contributed by atoms with Gasteiger partial charge in [-0.1, -0.05) is 60.3 Å². The number of imide groups is 1. The molecule has 1 saturated heterocycles. The summed E-state index contributed by atoms with van der Waals surface area (Å²) in [4.78, 5) is 41.4.